The fourth-order valence-electron chi connectivity index (χ4n) is 5.12. The molecule has 188 valence electrons. The molecule has 5 rings (SSSR count). The van der Waals surface area contributed by atoms with Gasteiger partial charge in [0.2, 0.25) is 0 Å². The molecule has 7 nitrogen and oxygen atoms in total. The number of aromatic nitrogens is 1. The molecule has 1 N–H and O–H groups in total. The summed E-state index contributed by atoms with van der Waals surface area (Å²) in [5.74, 6) is 0.113. The van der Waals surface area contributed by atoms with Crippen LogP contribution in [-0.2, 0) is 24.2 Å². The van der Waals surface area contributed by atoms with E-state index < -0.39 is 11.6 Å². The van der Waals surface area contributed by atoms with Gasteiger partial charge in [-0.25, -0.2) is 4.79 Å². The molecule has 3 amide bonds. The Hall–Kier alpha value is -4.39. The first-order valence-electron chi connectivity index (χ1n) is 12.3. The maximum absolute atomic E-state index is 13.9. The van der Waals surface area contributed by atoms with Crippen LogP contribution in [0.1, 0.15) is 38.6 Å². The van der Waals surface area contributed by atoms with Gasteiger partial charge in [0.15, 0.2) is 5.78 Å². The highest BCUT2D eigenvalue weighted by atomic mass is 16.3. The van der Waals surface area contributed by atoms with Gasteiger partial charge in [0, 0.05) is 29.8 Å². The Kier molecular flexibility index (Phi) is 6.53. The number of hydrogen-bond acceptors (Lipinski definition) is 4. The first-order chi connectivity index (χ1) is 17.9. The summed E-state index contributed by atoms with van der Waals surface area (Å²) in [6.07, 6.45) is 2.27. The van der Waals surface area contributed by atoms with Gasteiger partial charge in [-0.1, -0.05) is 60.7 Å². The molecular weight excluding hydrogens is 466 g/mol. The molecule has 0 aliphatic carbocycles. The standard InChI is InChI=1S/C30H29N3O4/c1-21-16-26(22(2)32(21)19-25-14-9-15-37-25)27(34)20-33-28(35)30(31-29(33)36,17-23-10-5-3-6-11-23)18-24-12-7-4-8-13-24/h3-16H,17-20H2,1-2H3,(H,31,36). The van der Waals surface area contributed by atoms with Crippen LogP contribution in [0.2, 0.25) is 0 Å². The number of nitrogens with zero attached hydrogens (tertiary/aromatic N) is 2. The van der Waals surface area contributed by atoms with Crippen molar-refractivity contribution in [3.63, 3.8) is 0 Å². The molecule has 1 fully saturated rings. The minimum absolute atomic E-state index is 0.280. The van der Waals surface area contributed by atoms with E-state index in [1.54, 1.807) is 12.3 Å². The third kappa shape index (κ3) is 4.85. The molecular formula is C30H29N3O4. The number of carbonyl (C=O) groups excluding carboxylic acids is 3. The summed E-state index contributed by atoms with van der Waals surface area (Å²) in [7, 11) is 0. The summed E-state index contributed by atoms with van der Waals surface area (Å²) in [4.78, 5) is 41.5. The van der Waals surface area contributed by atoms with E-state index in [9.17, 15) is 14.4 Å². The van der Waals surface area contributed by atoms with E-state index in [4.69, 9.17) is 4.42 Å². The molecule has 2 aromatic heterocycles. The molecule has 1 aliphatic heterocycles. The minimum atomic E-state index is -1.17. The molecule has 3 heterocycles. The van der Waals surface area contributed by atoms with Gasteiger partial charge in [0.1, 0.15) is 11.3 Å². The predicted molar refractivity (Wildman–Crippen MR) is 139 cm³/mol. The highest BCUT2D eigenvalue weighted by Gasteiger charge is 2.51. The second-order valence-corrected chi connectivity index (χ2v) is 9.60. The summed E-state index contributed by atoms with van der Waals surface area (Å²) in [5, 5.41) is 2.95. The van der Waals surface area contributed by atoms with Crippen LogP contribution in [-0.4, -0.2) is 39.3 Å². The minimum Gasteiger partial charge on any atom is -0.467 e. The molecule has 0 atom stereocenters. The number of furan rings is 1. The van der Waals surface area contributed by atoms with Gasteiger partial charge >= 0.3 is 6.03 Å². The number of urea groups is 1. The van der Waals surface area contributed by atoms with E-state index in [-0.39, 0.29) is 18.2 Å². The average molecular weight is 496 g/mol. The Morgan fingerprint density at radius 2 is 1.51 bits per heavy atom. The number of rotatable bonds is 9. The number of carbonyl (C=O) groups is 3. The van der Waals surface area contributed by atoms with E-state index >= 15 is 0 Å². The lowest BCUT2D eigenvalue weighted by atomic mass is 9.84. The topological polar surface area (TPSA) is 84.5 Å². The number of amides is 3. The van der Waals surface area contributed by atoms with Gasteiger partial charge in [-0.2, -0.15) is 0 Å². The highest BCUT2D eigenvalue weighted by Crippen LogP contribution is 2.28. The number of hydrogen-bond donors (Lipinski definition) is 1. The van der Waals surface area contributed by atoms with Crippen molar-refractivity contribution in [3.8, 4) is 0 Å². The maximum atomic E-state index is 13.9. The summed E-state index contributed by atoms with van der Waals surface area (Å²) in [6, 6.07) is 24.2. The van der Waals surface area contributed by atoms with E-state index in [0.29, 0.717) is 24.9 Å². The lowest BCUT2D eigenvalue weighted by Crippen LogP contribution is -2.51. The number of ketones is 1. The quantitative estimate of drug-likeness (QED) is 0.269. The molecule has 37 heavy (non-hydrogen) atoms. The van der Waals surface area contributed by atoms with Crippen LogP contribution in [0.5, 0.6) is 0 Å². The molecule has 0 spiro atoms. The fourth-order valence-corrected chi connectivity index (χ4v) is 5.12. The van der Waals surface area contributed by atoms with E-state index in [2.05, 4.69) is 5.32 Å². The first-order valence-corrected chi connectivity index (χ1v) is 12.3. The molecule has 0 unspecified atom stereocenters. The van der Waals surface area contributed by atoms with Gasteiger partial charge in [0.05, 0.1) is 19.4 Å². The zero-order chi connectivity index (χ0) is 26.0. The van der Waals surface area contributed by atoms with Gasteiger partial charge in [-0.15, -0.1) is 0 Å². The number of benzene rings is 2. The normalized spacial score (nSPS) is 14.7. The molecule has 1 saturated heterocycles. The lowest BCUT2D eigenvalue weighted by molar-refractivity contribution is -0.131. The molecule has 2 aromatic carbocycles. The van der Waals surface area contributed by atoms with Crippen molar-refractivity contribution >= 4 is 17.7 Å². The Morgan fingerprint density at radius 1 is 0.892 bits per heavy atom. The lowest BCUT2D eigenvalue weighted by Gasteiger charge is -2.27. The Labute approximate surface area is 215 Å². The molecule has 4 aromatic rings. The molecule has 7 heteroatoms. The van der Waals surface area contributed by atoms with Crippen LogP contribution in [0.25, 0.3) is 0 Å². The summed E-state index contributed by atoms with van der Waals surface area (Å²) >= 11 is 0. The van der Waals surface area contributed by atoms with Crippen molar-refractivity contribution in [2.45, 2.75) is 38.8 Å². The van der Waals surface area contributed by atoms with Crippen LogP contribution >= 0.6 is 0 Å². The third-order valence-electron chi connectivity index (χ3n) is 7.01. The SMILES string of the molecule is Cc1cc(C(=O)CN2C(=O)NC(Cc3ccccc3)(Cc3ccccc3)C2=O)c(C)n1Cc1ccco1. The van der Waals surface area contributed by atoms with Crippen molar-refractivity contribution in [1.82, 2.24) is 14.8 Å². The number of Topliss-reactive ketones (excluding diaryl/α,β-unsaturated/α-hetero) is 1. The summed E-state index contributed by atoms with van der Waals surface area (Å²) in [6.45, 7) is 3.97. The van der Waals surface area contributed by atoms with Gasteiger partial charge in [0.25, 0.3) is 5.91 Å². The van der Waals surface area contributed by atoms with Crippen molar-refractivity contribution < 1.29 is 18.8 Å². The smallest absolute Gasteiger partial charge is 0.325 e. The maximum Gasteiger partial charge on any atom is 0.325 e. The summed E-state index contributed by atoms with van der Waals surface area (Å²) in [5.41, 5.74) is 2.86. The van der Waals surface area contributed by atoms with Crippen molar-refractivity contribution in [2.75, 3.05) is 6.54 Å². The first kappa shape index (κ1) is 24.3. The van der Waals surface area contributed by atoms with Crippen molar-refractivity contribution in [2.24, 2.45) is 0 Å². The Bertz CT molecular complexity index is 1380. The molecule has 0 bridgehead atoms. The second-order valence-electron chi connectivity index (χ2n) is 9.60. The monoisotopic (exact) mass is 495 g/mol. The van der Waals surface area contributed by atoms with Crippen LogP contribution in [0, 0.1) is 13.8 Å². The molecule has 0 radical (unpaired) electrons. The van der Waals surface area contributed by atoms with Gasteiger partial charge in [-0.05, 0) is 43.2 Å². The van der Waals surface area contributed by atoms with Crippen LogP contribution in [0.15, 0.2) is 89.5 Å². The Balaban J connectivity index is 1.40. The van der Waals surface area contributed by atoms with Gasteiger partial charge in [-0.3, -0.25) is 14.5 Å². The predicted octanol–water partition coefficient (Wildman–Crippen LogP) is 4.70. The van der Waals surface area contributed by atoms with Crippen LogP contribution in [0.4, 0.5) is 4.79 Å². The largest absolute Gasteiger partial charge is 0.467 e. The van der Waals surface area contributed by atoms with Crippen molar-refractivity contribution in [1.29, 1.82) is 0 Å². The van der Waals surface area contributed by atoms with Gasteiger partial charge < -0.3 is 14.3 Å². The number of aryl methyl sites for hydroxylation is 1. The Morgan fingerprint density at radius 3 is 2.08 bits per heavy atom. The average Bonchev–Trinajstić information content (AvgIpc) is 3.56. The zero-order valence-corrected chi connectivity index (χ0v) is 20.9. The number of nitrogens with one attached hydrogen (secondary N) is 1. The molecule has 0 saturated carbocycles. The number of imide groups is 1. The third-order valence-corrected chi connectivity index (χ3v) is 7.01. The zero-order valence-electron chi connectivity index (χ0n) is 20.9. The van der Waals surface area contributed by atoms with E-state index in [0.717, 1.165) is 33.2 Å². The van der Waals surface area contributed by atoms with E-state index in [1.807, 2.05) is 91.2 Å². The fraction of sp³-hybridized carbons (Fsp3) is 0.233. The molecule has 1 aliphatic rings. The van der Waals surface area contributed by atoms with Crippen molar-refractivity contribution in [3.05, 3.63) is 119 Å². The van der Waals surface area contributed by atoms with Crippen LogP contribution < -0.4 is 5.32 Å². The van der Waals surface area contributed by atoms with E-state index in [1.165, 1.54) is 0 Å². The van der Waals surface area contributed by atoms with Crippen LogP contribution in [0.3, 0.4) is 0 Å². The summed E-state index contributed by atoms with van der Waals surface area (Å²) < 4.78 is 7.45. The second kappa shape index (κ2) is 9.93. The highest BCUT2D eigenvalue weighted by molar-refractivity contribution is 6.11.